The maximum atomic E-state index is 12.7. The molecule has 0 aromatic heterocycles. The van der Waals surface area contributed by atoms with Gasteiger partial charge in [0.1, 0.15) is 6.54 Å². The van der Waals surface area contributed by atoms with Crippen molar-refractivity contribution in [2.45, 2.75) is 38.6 Å². The zero-order valence-electron chi connectivity index (χ0n) is 12.6. The Kier molecular flexibility index (Phi) is 6.19. The molecule has 0 atom stereocenters. The lowest BCUT2D eigenvalue weighted by atomic mass is 10.2. The van der Waals surface area contributed by atoms with Crippen molar-refractivity contribution >= 4 is 27.6 Å². The fourth-order valence-corrected chi connectivity index (χ4v) is 3.93. The lowest BCUT2D eigenvalue weighted by molar-refractivity contribution is -0.143. The molecule has 0 aliphatic carbocycles. The SMILES string of the molecule is CCOC(=O)CN(C(C)C)S(=O)(=O)c1cccc(Cl)c1C. The van der Waals surface area contributed by atoms with E-state index in [4.69, 9.17) is 16.3 Å². The molecule has 0 N–H and O–H groups in total. The molecule has 0 heterocycles. The molecule has 0 aliphatic rings. The smallest absolute Gasteiger partial charge is 0.321 e. The lowest BCUT2D eigenvalue weighted by Crippen LogP contribution is -2.41. The van der Waals surface area contributed by atoms with Crippen molar-refractivity contribution in [3.8, 4) is 0 Å². The molecule has 5 nitrogen and oxygen atoms in total. The quantitative estimate of drug-likeness (QED) is 0.751. The number of sulfonamides is 1. The molecule has 21 heavy (non-hydrogen) atoms. The molecular weight excluding hydrogens is 314 g/mol. The zero-order chi connectivity index (χ0) is 16.2. The molecule has 0 unspecified atom stereocenters. The topological polar surface area (TPSA) is 63.7 Å². The van der Waals surface area contributed by atoms with E-state index in [9.17, 15) is 13.2 Å². The third-order valence-corrected chi connectivity index (χ3v) is 5.55. The summed E-state index contributed by atoms with van der Waals surface area (Å²) in [6.07, 6.45) is 0. The molecular formula is C14H20ClNO4S. The van der Waals surface area contributed by atoms with Crippen molar-refractivity contribution in [2.75, 3.05) is 13.2 Å². The van der Waals surface area contributed by atoms with Crippen LogP contribution in [0.2, 0.25) is 5.02 Å². The second-order valence-corrected chi connectivity index (χ2v) is 7.08. The van der Waals surface area contributed by atoms with Crippen LogP contribution in [0.15, 0.2) is 23.1 Å². The molecule has 0 saturated heterocycles. The van der Waals surface area contributed by atoms with Crippen LogP contribution in [-0.4, -0.2) is 37.9 Å². The van der Waals surface area contributed by atoms with Crippen LogP contribution in [0.25, 0.3) is 0 Å². The summed E-state index contributed by atoms with van der Waals surface area (Å²) >= 11 is 5.99. The molecule has 0 radical (unpaired) electrons. The number of hydrogen-bond acceptors (Lipinski definition) is 4. The van der Waals surface area contributed by atoms with Crippen molar-refractivity contribution in [3.63, 3.8) is 0 Å². The largest absolute Gasteiger partial charge is 0.465 e. The van der Waals surface area contributed by atoms with Crippen LogP contribution in [0.3, 0.4) is 0 Å². The molecule has 1 aromatic rings. The van der Waals surface area contributed by atoms with Gasteiger partial charge in [-0.15, -0.1) is 0 Å². The van der Waals surface area contributed by atoms with Crippen LogP contribution in [0.4, 0.5) is 0 Å². The minimum absolute atomic E-state index is 0.105. The van der Waals surface area contributed by atoms with E-state index in [0.717, 1.165) is 4.31 Å². The highest BCUT2D eigenvalue weighted by molar-refractivity contribution is 7.89. The van der Waals surface area contributed by atoms with Gasteiger partial charge in [-0.25, -0.2) is 8.42 Å². The van der Waals surface area contributed by atoms with E-state index in [1.807, 2.05) is 0 Å². The third kappa shape index (κ3) is 4.18. The Morgan fingerprint density at radius 2 is 2.00 bits per heavy atom. The number of benzene rings is 1. The summed E-state index contributed by atoms with van der Waals surface area (Å²) in [7, 11) is -3.82. The number of carbonyl (C=O) groups excluding carboxylic acids is 1. The molecule has 1 rings (SSSR count). The van der Waals surface area contributed by atoms with Gasteiger partial charge < -0.3 is 4.74 Å². The summed E-state index contributed by atoms with van der Waals surface area (Å²) < 4.78 is 31.4. The minimum Gasteiger partial charge on any atom is -0.465 e. The summed E-state index contributed by atoms with van der Waals surface area (Å²) in [5, 5.41) is 0.371. The van der Waals surface area contributed by atoms with E-state index in [-0.39, 0.29) is 24.1 Å². The number of ether oxygens (including phenoxy) is 1. The Balaban J connectivity index is 3.23. The first kappa shape index (κ1) is 17.9. The van der Waals surface area contributed by atoms with E-state index in [1.165, 1.54) is 6.07 Å². The number of halogens is 1. The normalized spacial score (nSPS) is 12.0. The first-order valence-corrected chi connectivity index (χ1v) is 8.46. The molecule has 118 valence electrons. The van der Waals surface area contributed by atoms with E-state index in [0.29, 0.717) is 10.6 Å². The van der Waals surface area contributed by atoms with Gasteiger partial charge in [-0.05, 0) is 45.4 Å². The molecule has 0 bridgehead atoms. The summed E-state index contributed by atoms with van der Waals surface area (Å²) in [5.41, 5.74) is 0.466. The molecule has 0 amide bonds. The van der Waals surface area contributed by atoms with Crippen LogP contribution >= 0.6 is 11.6 Å². The van der Waals surface area contributed by atoms with Gasteiger partial charge >= 0.3 is 5.97 Å². The van der Waals surface area contributed by atoms with Crippen LogP contribution in [-0.2, 0) is 19.6 Å². The number of hydrogen-bond donors (Lipinski definition) is 0. The van der Waals surface area contributed by atoms with Gasteiger partial charge in [0, 0.05) is 11.1 Å². The van der Waals surface area contributed by atoms with Crippen LogP contribution < -0.4 is 0 Å². The molecule has 0 aliphatic heterocycles. The molecule has 0 fully saturated rings. The van der Waals surface area contributed by atoms with Gasteiger partial charge in [0.25, 0.3) is 0 Å². The fraction of sp³-hybridized carbons (Fsp3) is 0.500. The van der Waals surface area contributed by atoms with Gasteiger partial charge in [0.2, 0.25) is 10.0 Å². The van der Waals surface area contributed by atoms with Crippen LogP contribution in [0.1, 0.15) is 26.3 Å². The second-order valence-electron chi connectivity index (χ2n) is 4.81. The van der Waals surface area contributed by atoms with Crippen molar-refractivity contribution in [1.82, 2.24) is 4.31 Å². The summed E-state index contributed by atoms with van der Waals surface area (Å²) in [5.74, 6) is -0.575. The highest BCUT2D eigenvalue weighted by atomic mass is 35.5. The van der Waals surface area contributed by atoms with E-state index >= 15 is 0 Å². The second kappa shape index (κ2) is 7.24. The Morgan fingerprint density at radius 3 is 2.52 bits per heavy atom. The summed E-state index contributed by atoms with van der Waals surface area (Å²) in [6.45, 7) is 6.61. The lowest BCUT2D eigenvalue weighted by Gasteiger charge is -2.25. The van der Waals surface area contributed by atoms with E-state index < -0.39 is 16.0 Å². The van der Waals surface area contributed by atoms with Gasteiger partial charge in [-0.1, -0.05) is 17.7 Å². The van der Waals surface area contributed by atoms with Crippen LogP contribution in [0.5, 0.6) is 0 Å². The first-order chi connectivity index (χ1) is 9.71. The standard InChI is InChI=1S/C14H20ClNO4S/c1-5-20-14(17)9-16(10(2)3)21(18,19)13-8-6-7-12(15)11(13)4/h6-8,10H,5,9H2,1-4H3. The van der Waals surface area contributed by atoms with Gasteiger partial charge in [0.05, 0.1) is 11.5 Å². The molecule has 7 heteroatoms. The van der Waals surface area contributed by atoms with Gasteiger partial charge in [-0.2, -0.15) is 4.31 Å². The number of nitrogens with zero attached hydrogens (tertiary/aromatic N) is 1. The number of esters is 1. The number of carbonyl (C=O) groups is 1. The van der Waals surface area contributed by atoms with Crippen molar-refractivity contribution in [1.29, 1.82) is 0 Å². The Labute approximate surface area is 130 Å². The maximum absolute atomic E-state index is 12.7. The van der Waals surface area contributed by atoms with E-state index in [2.05, 4.69) is 0 Å². The average Bonchev–Trinajstić information content (AvgIpc) is 2.38. The highest BCUT2D eigenvalue weighted by Gasteiger charge is 2.31. The molecule has 1 aromatic carbocycles. The Hall–Kier alpha value is -1.11. The predicted octanol–water partition coefficient (Wildman–Crippen LogP) is 2.61. The van der Waals surface area contributed by atoms with Crippen molar-refractivity contribution in [2.24, 2.45) is 0 Å². The monoisotopic (exact) mass is 333 g/mol. The first-order valence-electron chi connectivity index (χ1n) is 6.64. The van der Waals surface area contributed by atoms with E-state index in [1.54, 1.807) is 39.8 Å². The van der Waals surface area contributed by atoms with Gasteiger partial charge in [-0.3, -0.25) is 4.79 Å². The Morgan fingerprint density at radius 1 is 1.38 bits per heavy atom. The van der Waals surface area contributed by atoms with Crippen molar-refractivity contribution in [3.05, 3.63) is 28.8 Å². The zero-order valence-corrected chi connectivity index (χ0v) is 14.2. The highest BCUT2D eigenvalue weighted by Crippen LogP contribution is 2.26. The predicted molar refractivity (Wildman–Crippen MR) is 81.8 cm³/mol. The minimum atomic E-state index is -3.82. The molecule has 0 saturated carbocycles. The summed E-state index contributed by atoms with van der Waals surface area (Å²) in [4.78, 5) is 11.7. The summed E-state index contributed by atoms with van der Waals surface area (Å²) in [6, 6.07) is 4.31. The average molecular weight is 334 g/mol. The Bertz CT molecular complexity index is 613. The van der Waals surface area contributed by atoms with Crippen molar-refractivity contribution < 1.29 is 17.9 Å². The molecule has 0 spiro atoms. The van der Waals surface area contributed by atoms with Gasteiger partial charge in [0.15, 0.2) is 0 Å². The van der Waals surface area contributed by atoms with Crippen LogP contribution in [0, 0.1) is 6.92 Å². The number of rotatable bonds is 6. The third-order valence-electron chi connectivity index (χ3n) is 2.97. The fourth-order valence-electron chi connectivity index (χ4n) is 1.87. The maximum Gasteiger partial charge on any atom is 0.321 e.